The Morgan fingerprint density at radius 1 is 1.15 bits per heavy atom. The van der Waals surface area contributed by atoms with Crippen LogP contribution in [0.4, 0.5) is 0 Å². The first-order valence-corrected chi connectivity index (χ1v) is 7.77. The fourth-order valence-electron chi connectivity index (χ4n) is 1.98. The molecule has 0 radical (unpaired) electrons. The van der Waals surface area contributed by atoms with Gasteiger partial charge in [0.05, 0.1) is 11.3 Å². The van der Waals surface area contributed by atoms with E-state index in [4.69, 9.17) is 10.3 Å². The van der Waals surface area contributed by atoms with E-state index in [0.29, 0.717) is 17.5 Å². The van der Waals surface area contributed by atoms with Crippen LogP contribution in [0.1, 0.15) is 42.3 Å². The standard InChI is InChI=1S/C15H21N3OS/c1-10-5-11(2)7-12(6-10)8-20-9-13-17-14(18-19-13)15(3,4)16/h5-7H,8-9,16H2,1-4H3. The van der Waals surface area contributed by atoms with Crippen molar-refractivity contribution in [2.75, 3.05) is 0 Å². The van der Waals surface area contributed by atoms with Crippen molar-refractivity contribution in [1.29, 1.82) is 0 Å². The average Bonchev–Trinajstić information content (AvgIpc) is 2.76. The van der Waals surface area contributed by atoms with Crippen molar-refractivity contribution in [3.05, 3.63) is 46.6 Å². The van der Waals surface area contributed by atoms with Gasteiger partial charge in [-0.2, -0.15) is 4.98 Å². The smallest absolute Gasteiger partial charge is 0.236 e. The van der Waals surface area contributed by atoms with Gasteiger partial charge in [-0.15, -0.1) is 11.8 Å². The summed E-state index contributed by atoms with van der Waals surface area (Å²) in [6.45, 7) is 7.97. The minimum Gasteiger partial charge on any atom is -0.338 e. The van der Waals surface area contributed by atoms with E-state index < -0.39 is 5.54 Å². The summed E-state index contributed by atoms with van der Waals surface area (Å²) in [5.41, 5.74) is 9.29. The van der Waals surface area contributed by atoms with Crippen LogP contribution in [0.3, 0.4) is 0 Å². The predicted octanol–water partition coefficient (Wildman–Crippen LogP) is 3.31. The molecule has 0 amide bonds. The summed E-state index contributed by atoms with van der Waals surface area (Å²) in [5, 5.41) is 3.92. The highest BCUT2D eigenvalue weighted by molar-refractivity contribution is 7.97. The van der Waals surface area contributed by atoms with Crippen molar-refractivity contribution >= 4 is 11.8 Å². The number of nitrogens with two attached hydrogens (primary N) is 1. The molecule has 1 aromatic carbocycles. The summed E-state index contributed by atoms with van der Waals surface area (Å²) in [4.78, 5) is 4.32. The number of aromatic nitrogens is 2. The molecule has 0 spiro atoms. The molecule has 0 fully saturated rings. The first-order valence-electron chi connectivity index (χ1n) is 6.61. The predicted molar refractivity (Wildman–Crippen MR) is 82.4 cm³/mol. The number of hydrogen-bond acceptors (Lipinski definition) is 5. The second-order valence-corrected chi connectivity index (χ2v) is 6.71. The van der Waals surface area contributed by atoms with Crippen LogP contribution in [0.5, 0.6) is 0 Å². The molecule has 2 N–H and O–H groups in total. The van der Waals surface area contributed by atoms with E-state index in [-0.39, 0.29) is 0 Å². The monoisotopic (exact) mass is 291 g/mol. The second-order valence-electron chi connectivity index (χ2n) is 5.72. The summed E-state index contributed by atoms with van der Waals surface area (Å²) < 4.78 is 5.21. The maximum Gasteiger partial charge on any atom is 0.236 e. The van der Waals surface area contributed by atoms with Crippen LogP contribution in [-0.2, 0) is 17.0 Å². The van der Waals surface area contributed by atoms with Crippen molar-refractivity contribution in [2.24, 2.45) is 5.73 Å². The van der Waals surface area contributed by atoms with Crippen molar-refractivity contribution in [2.45, 2.75) is 44.7 Å². The van der Waals surface area contributed by atoms with Crippen LogP contribution >= 0.6 is 11.8 Å². The van der Waals surface area contributed by atoms with Gasteiger partial charge in [0, 0.05) is 5.75 Å². The SMILES string of the molecule is Cc1cc(C)cc(CSCc2nc(C(C)(C)N)no2)c1. The molecule has 0 aliphatic carbocycles. The van der Waals surface area contributed by atoms with Crippen LogP contribution in [0.25, 0.3) is 0 Å². The van der Waals surface area contributed by atoms with Gasteiger partial charge < -0.3 is 10.3 Å². The molecule has 0 bridgehead atoms. The van der Waals surface area contributed by atoms with Gasteiger partial charge in [0.2, 0.25) is 5.89 Å². The van der Waals surface area contributed by atoms with Gasteiger partial charge in [-0.05, 0) is 33.3 Å². The molecule has 20 heavy (non-hydrogen) atoms. The molecular formula is C15H21N3OS. The fraction of sp³-hybridized carbons (Fsp3) is 0.467. The lowest BCUT2D eigenvalue weighted by Gasteiger charge is -2.11. The van der Waals surface area contributed by atoms with Gasteiger partial charge in [-0.25, -0.2) is 0 Å². The molecule has 2 aromatic rings. The normalized spacial score (nSPS) is 11.8. The van der Waals surface area contributed by atoms with Crippen molar-refractivity contribution < 1.29 is 4.52 Å². The molecule has 0 saturated carbocycles. The maximum atomic E-state index is 5.93. The minimum absolute atomic E-state index is 0.555. The zero-order chi connectivity index (χ0) is 14.8. The lowest BCUT2D eigenvalue weighted by atomic mass is 10.1. The number of thioether (sulfide) groups is 1. The lowest BCUT2D eigenvalue weighted by molar-refractivity contribution is 0.370. The molecule has 108 valence electrons. The number of aryl methyl sites for hydroxylation is 2. The van der Waals surface area contributed by atoms with E-state index in [1.54, 1.807) is 11.8 Å². The summed E-state index contributed by atoms with van der Waals surface area (Å²) in [6, 6.07) is 6.60. The Kier molecular flexibility index (Phi) is 4.50. The van der Waals surface area contributed by atoms with Gasteiger partial charge in [0.15, 0.2) is 5.82 Å². The molecule has 0 aliphatic heterocycles. The van der Waals surface area contributed by atoms with Crippen LogP contribution in [-0.4, -0.2) is 10.1 Å². The summed E-state index contributed by atoms with van der Waals surface area (Å²) in [5.74, 6) is 2.83. The third-order valence-corrected chi connectivity index (χ3v) is 3.81. The number of benzene rings is 1. The average molecular weight is 291 g/mol. The lowest BCUT2D eigenvalue weighted by Crippen LogP contribution is -2.30. The number of hydrogen-bond donors (Lipinski definition) is 1. The quantitative estimate of drug-likeness (QED) is 0.915. The topological polar surface area (TPSA) is 64.9 Å². The molecular weight excluding hydrogens is 270 g/mol. The second kappa shape index (κ2) is 5.97. The first-order chi connectivity index (χ1) is 9.34. The van der Waals surface area contributed by atoms with Crippen molar-refractivity contribution in [3.8, 4) is 0 Å². The third kappa shape index (κ3) is 4.08. The van der Waals surface area contributed by atoms with E-state index in [0.717, 1.165) is 5.75 Å². The first kappa shape index (κ1) is 15.1. The summed E-state index contributed by atoms with van der Waals surface area (Å²) in [6.07, 6.45) is 0. The highest BCUT2D eigenvalue weighted by atomic mass is 32.2. The summed E-state index contributed by atoms with van der Waals surface area (Å²) in [7, 11) is 0. The highest BCUT2D eigenvalue weighted by Crippen LogP contribution is 2.20. The van der Waals surface area contributed by atoms with Gasteiger partial charge in [0.1, 0.15) is 0 Å². The molecule has 1 aromatic heterocycles. The maximum absolute atomic E-state index is 5.93. The Hall–Kier alpha value is -1.33. The molecule has 4 nitrogen and oxygen atoms in total. The zero-order valence-corrected chi connectivity index (χ0v) is 13.3. The fourth-order valence-corrected chi connectivity index (χ4v) is 2.78. The molecule has 2 rings (SSSR count). The van der Waals surface area contributed by atoms with E-state index in [9.17, 15) is 0 Å². The van der Waals surface area contributed by atoms with E-state index in [1.807, 2.05) is 13.8 Å². The van der Waals surface area contributed by atoms with Crippen molar-refractivity contribution in [1.82, 2.24) is 10.1 Å². The van der Waals surface area contributed by atoms with Gasteiger partial charge in [0.25, 0.3) is 0 Å². The van der Waals surface area contributed by atoms with Gasteiger partial charge >= 0.3 is 0 Å². The van der Waals surface area contributed by atoms with Crippen molar-refractivity contribution in [3.63, 3.8) is 0 Å². The molecule has 0 aliphatic rings. The Bertz CT molecular complexity index is 567. The van der Waals surface area contributed by atoms with Crippen LogP contribution in [0, 0.1) is 13.8 Å². The largest absolute Gasteiger partial charge is 0.338 e. The Balaban J connectivity index is 1.91. The Morgan fingerprint density at radius 3 is 2.35 bits per heavy atom. The zero-order valence-electron chi connectivity index (χ0n) is 12.4. The minimum atomic E-state index is -0.555. The number of rotatable bonds is 5. The van der Waals surface area contributed by atoms with E-state index in [2.05, 4.69) is 42.2 Å². The molecule has 0 atom stereocenters. The van der Waals surface area contributed by atoms with E-state index in [1.165, 1.54) is 16.7 Å². The van der Waals surface area contributed by atoms with Gasteiger partial charge in [-0.1, -0.05) is 34.5 Å². The van der Waals surface area contributed by atoms with Crippen LogP contribution in [0.2, 0.25) is 0 Å². The molecule has 5 heteroatoms. The summed E-state index contributed by atoms with van der Waals surface area (Å²) >= 11 is 1.76. The van der Waals surface area contributed by atoms with Gasteiger partial charge in [-0.3, -0.25) is 0 Å². The Labute approximate surface area is 124 Å². The third-order valence-electron chi connectivity index (χ3n) is 2.82. The highest BCUT2D eigenvalue weighted by Gasteiger charge is 2.21. The van der Waals surface area contributed by atoms with E-state index >= 15 is 0 Å². The molecule has 1 heterocycles. The number of nitrogens with zero attached hydrogens (tertiary/aromatic N) is 2. The van der Waals surface area contributed by atoms with Crippen LogP contribution in [0.15, 0.2) is 22.7 Å². The molecule has 0 saturated heterocycles. The molecule has 0 unspecified atom stereocenters. The van der Waals surface area contributed by atoms with Crippen LogP contribution < -0.4 is 5.73 Å². The Morgan fingerprint density at radius 2 is 1.80 bits per heavy atom.